The predicted molar refractivity (Wildman–Crippen MR) is 55.5 cm³/mol. The van der Waals surface area contributed by atoms with Gasteiger partial charge in [0.1, 0.15) is 5.82 Å². The van der Waals surface area contributed by atoms with E-state index in [1.165, 1.54) is 0 Å². The number of hydrogen-bond donors (Lipinski definition) is 1. The van der Waals surface area contributed by atoms with Crippen LogP contribution in [0.1, 0.15) is 25.8 Å². The summed E-state index contributed by atoms with van der Waals surface area (Å²) in [6, 6.07) is 7.08. The number of rotatable bonds is 2. The Morgan fingerprint density at radius 1 is 1.36 bits per heavy atom. The highest BCUT2D eigenvalue weighted by molar-refractivity contribution is 5.29. The van der Waals surface area contributed by atoms with Gasteiger partial charge in [-0.25, -0.2) is 4.39 Å². The summed E-state index contributed by atoms with van der Waals surface area (Å²) in [5, 5.41) is 3.38. The van der Waals surface area contributed by atoms with Crippen LogP contribution in [0.15, 0.2) is 24.3 Å². The molecule has 1 fully saturated rings. The number of benzene rings is 1. The summed E-state index contributed by atoms with van der Waals surface area (Å²) >= 11 is 0. The van der Waals surface area contributed by atoms with Crippen LogP contribution in [0, 0.1) is 11.7 Å². The molecule has 0 aliphatic carbocycles. The predicted octanol–water partition coefficient (Wildman–Crippen LogP) is 2.67. The molecule has 2 rings (SSSR count). The third kappa shape index (κ3) is 1.25. The van der Waals surface area contributed by atoms with Crippen LogP contribution in [0.25, 0.3) is 0 Å². The molecule has 0 radical (unpaired) electrons. The van der Waals surface area contributed by atoms with E-state index in [4.69, 9.17) is 0 Å². The van der Waals surface area contributed by atoms with Gasteiger partial charge >= 0.3 is 0 Å². The van der Waals surface area contributed by atoms with Crippen molar-refractivity contribution in [2.45, 2.75) is 25.8 Å². The lowest BCUT2D eigenvalue weighted by molar-refractivity contribution is 0.134. The molecule has 1 aliphatic rings. The minimum Gasteiger partial charge on any atom is -0.307 e. The normalized spacial score (nSPS) is 26.3. The molecule has 76 valence electrons. The molecule has 1 unspecified atom stereocenters. The van der Waals surface area contributed by atoms with E-state index in [-0.39, 0.29) is 11.4 Å². The SMILES string of the molecule is CC(C)C1(c2ccccc2F)CCN1. The topological polar surface area (TPSA) is 12.0 Å². The molecule has 1 aliphatic heterocycles. The lowest BCUT2D eigenvalue weighted by atomic mass is 9.72. The van der Waals surface area contributed by atoms with Crippen molar-refractivity contribution in [3.63, 3.8) is 0 Å². The molecule has 0 bridgehead atoms. The Bertz CT molecular complexity index is 329. The molecule has 1 atom stereocenters. The fourth-order valence-electron chi connectivity index (χ4n) is 2.25. The van der Waals surface area contributed by atoms with Crippen molar-refractivity contribution in [3.8, 4) is 0 Å². The van der Waals surface area contributed by atoms with E-state index in [0.717, 1.165) is 18.5 Å². The van der Waals surface area contributed by atoms with Crippen molar-refractivity contribution in [2.24, 2.45) is 5.92 Å². The molecule has 1 saturated heterocycles. The largest absolute Gasteiger partial charge is 0.307 e. The maximum atomic E-state index is 13.6. The molecule has 1 heterocycles. The van der Waals surface area contributed by atoms with Crippen LogP contribution >= 0.6 is 0 Å². The van der Waals surface area contributed by atoms with E-state index >= 15 is 0 Å². The van der Waals surface area contributed by atoms with Crippen molar-refractivity contribution in [3.05, 3.63) is 35.6 Å². The van der Waals surface area contributed by atoms with Crippen molar-refractivity contribution in [1.29, 1.82) is 0 Å². The van der Waals surface area contributed by atoms with E-state index in [1.807, 2.05) is 12.1 Å². The van der Waals surface area contributed by atoms with Crippen LogP contribution in [0.5, 0.6) is 0 Å². The summed E-state index contributed by atoms with van der Waals surface area (Å²) in [5.74, 6) is 0.335. The van der Waals surface area contributed by atoms with Gasteiger partial charge in [0.25, 0.3) is 0 Å². The maximum Gasteiger partial charge on any atom is 0.128 e. The zero-order valence-corrected chi connectivity index (χ0v) is 8.68. The van der Waals surface area contributed by atoms with Crippen molar-refractivity contribution >= 4 is 0 Å². The van der Waals surface area contributed by atoms with E-state index in [1.54, 1.807) is 12.1 Å². The fraction of sp³-hybridized carbons (Fsp3) is 0.500. The molecule has 0 spiro atoms. The highest BCUT2D eigenvalue weighted by Gasteiger charge is 2.42. The van der Waals surface area contributed by atoms with Crippen molar-refractivity contribution in [2.75, 3.05) is 6.54 Å². The zero-order valence-electron chi connectivity index (χ0n) is 8.68. The second-order valence-corrected chi connectivity index (χ2v) is 4.28. The van der Waals surface area contributed by atoms with Crippen LogP contribution in [-0.4, -0.2) is 6.54 Å². The first-order chi connectivity index (χ1) is 6.67. The van der Waals surface area contributed by atoms with Gasteiger partial charge in [0, 0.05) is 11.1 Å². The molecule has 1 aromatic carbocycles. The average molecular weight is 193 g/mol. The molecule has 0 amide bonds. The van der Waals surface area contributed by atoms with E-state index < -0.39 is 0 Å². The smallest absolute Gasteiger partial charge is 0.128 e. The number of nitrogens with one attached hydrogen (secondary N) is 1. The lowest BCUT2D eigenvalue weighted by Gasteiger charge is -2.47. The first-order valence-corrected chi connectivity index (χ1v) is 5.17. The molecule has 1 nitrogen and oxygen atoms in total. The van der Waals surface area contributed by atoms with Gasteiger partial charge in [-0.2, -0.15) is 0 Å². The van der Waals surface area contributed by atoms with Crippen molar-refractivity contribution in [1.82, 2.24) is 5.32 Å². The van der Waals surface area contributed by atoms with E-state index in [2.05, 4.69) is 19.2 Å². The van der Waals surface area contributed by atoms with E-state index in [0.29, 0.717) is 5.92 Å². The molecule has 0 aromatic heterocycles. The molecule has 1 aromatic rings. The summed E-state index contributed by atoms with van der Waals surface area (Å²) in [6.07, 6.45) is 1.03. The van der Waals surface area contributed by atoms with Gasteiger partial charge in [-0.15, -0.1) is 0 Å². The molecule has 14 heavy (non-hydrogen) atoms. The maximum absolute atomic E-state index is 13.6. The quantitative estimate of drug-likeness (QED) is 0.761. The van der Waals surface area contributed by atoms with Gasteiger partial charge < -0.3 is 5.32 Å². The zero-order chi connectivity index (χ0) is 10.2. The van der Waals surface area contributed by atoms with Crippen LogP contribution < -0.4 is 5.32 Å². The Morgan fingerprint density at radius 2 is 2.00 bits per heavy atom. The monoisotopic (exact) mass is 193 g/mol. The standard InChI is InChI=1S/C12H16FN/c1-9(2)12(7-8-14-12)10-5-3-4-6-11(10)13/h3-6,9,14H,7-8H2,1-2H3. The molecular weight excluding hydrogens is 177 g/mol. The summed E-state index contributed by atoms with van der Waals surface area (Å²) in [4.78, 5) is 0. The molecular formula is C12H16FN. The fourth-order valence-corrected chi connectivity index (χ4v) is 2.25. The average Bonchev–Trinajstić information content (AvgIpc) is 2.05. The third-order valence-corrected chi connectivity index (χ3v) is 3.30. The Hall–Kier alpha value is -0.890. The van der Waals surface area contributed by atoms with Gasteiger partial charge in [-0.05, 0) is 24.9 Å². The second kappa shape index (κ2) is 3.35. The third-order valence-electron chi connectivity index (χ3n) is 3.30. The highest BCUT2D eigenvalue weighted by Crippen LogP contribution is 2.39. The first kappa shape index (κ1) is 9.66. The molecule has 1 N–H and O–H groups in total. The Labute approximate surface area is 84.3 Å². The van der Waals surface area contributed by atoms with Gasteiger partial charge in [-0.3, -0.25) is 0 Å². The lowest BCUT2D eigenvalue weighted by Crippen LogP contribution is -2.57. The Kier molecular flexibility index (Phi) is 2.31. The Balaban J connectivity index is 2.42. The van der Waals surface area contributed by atoms with Crippen LogP contribution in [-0.2, 0) is 5.54 Å². The summed E-state index contributed by atoms with van der Waals surface area (Å²) < 4.78 is 13.6. The van der Waals surface area contributed by atoms with Crippen LogP contribution in [0.3, 0.4) is 0 Å². The first-order valence-electron chi connectivity index (χ1n) is 5.17. The molecule has 2 heteroatoms. The minimum absolute atomic E-state index is 0.0894. The van der Waals surface area contributed by atoms with Gasteiger partial charge in [0.05, 0.1) is 0 Å². The highest BCUT2D eigenvalue weighted by atomic mass is 19.1. The number of hydrogen-bond acceptors (Lipinski definition) is 1. The van der Waals surface area contributed by atoms with Gasteiger partial charge in [-0.1, -0.05) is 32.0 Å². The van der Waals surface area contributed by atoms with Crippen LogP contribution in [0.4, 0.5) is 4.39 Å². The van der Waals surface area contributed by atoms with Gasteiger partial charge in [0.2, 0.25) is 0 Å². The summed E-state index contributed by atoms with van der Waals surface area (Å²) in [6.45, 7) is 5.27. The summed E-state index contributed by atoms with van der Waals surface area (Å²) in [7, 11) is 0. The van der Waals surface area contributed by atoms with Gasteiger partial charge in [0.15, 0.2) is 0 Å². The second-order valence-electron chi connectivity index (χ2n) is 4.28. The van der Waals surface area contributed by atoms with Crippen molar-refractivity contribution < 1.29 is 4.39 Å². The minimum atomic E-state index is -0.120. The number of halogens is 1. The summed E-state index contributed by atoms with van der Waals surface area (Å²) in [5.41, 5.74) is 0.701. The van der Waals surface area contributed by atoms with Crippen LogP contribution in [0.2, 0.25) is 0 Å². The molecule has 0 saturated carbocycles. The Morgan fingerprint density at radius 3 is 2.43 bits per heavy atom. The van der Waals surface area contributed by atoms with E-state index in [9.17, 15) is 4.39 Å².